The van der Waals surface area contributed by atoms with Crippen molar-refractivity contribution in [3.63, 3.8) is 0 Å². The Labute approximate surface area is 171 Å². The Morgan fingerprint density at radius 1 is 1.07 bits per heavy atom. The minimum Gasteiger partial charge on any atom is -0.491 e. The van der Waals surface area contributed by atoms with Gasteiger partial charge >= 0.3 is 0 Å². The summed E-state index contributed by atoms with van der Waals surface area (Å²) in [4.78, 5) is 33.2. The summed E-state index contributed by atoms with van der Waals surface area (Å²) in [5, 5.41) is 0. The van der Waals surface area contributed by atoms with Crippen molar-refractivity contribution in [1.82, 2.24) is 14.8 Å². The third-order valence-corrected chi connectivity index (χ3v) is 5.64. The zero-order chi connectivity index (χ0) is 20.2. The van der Waals surface area contributed by atoms with Crippen molar-refractivity contribution < 1.29 is 14.3 Å². The lowest BCUT2D eigenvalue weighted by molar-refractivity contribution is -0.130. The van der Waals surface area contributed by atoms with E-state index in [2.05, 4.69) is 11.1 Å². The van der Waals surface area contributed by atoms with Gasteiger partial charge in [0.1, 0.15) is 12.4 Å². The van der Waals surface area contributed by atoms with Crippen molar-refractivity contribution in [2.24, 2.45) is 0 Å². The molecular formula is C23H27N3O3. The molecule has 0 atom stereocenters. The number of hydrogen-bond donors (Lipinski definition) is 0. The van der Waals surface area contributed by atoms with Gasteiger partial charge < -0.3 is 14.5 Å². The molecule has 0 saturated carbocycles. The second kappa shape index (κ2) is 8.64. The number of nitrogens with zero attached hydrogens (tertiary/aromatic N) is 3. The van der Waals surface area contributed by atoms with Crippen LogP contribution in [0.4, 0.5) is 0 Å². The molecule has 152 valence electrons. The van der Waals surface area contributed by atoms with E-state index in [4.69, 9.17) is 4.74 Å². The van der Waals surface area contributed by atoms with Crippen molar-refractivity contribution in [1.29, 1.82) is 0 Å². The van der Waals surface area contributed by atoms with E-state index < -0.39 is 0 Å². The molecule has 29 heavy (non-hydrogen) atoms. The maximum atomic E-state index is 12.9. The molecule has 0 bridgehead atoms. The van der Waals surface area contributed by atoms with Gasteiger partial charge in [0.05, 0.1) is 12.1 Å². The average Bonchev–Trinajstić information content (AvgIpc) is 3.19. The predicted molar refractivity (Wildman–Crippen MR) is 110 cm³/mol. The Balaban J connectivity index is 1.44. The summed E-state index contributed by atoms with van der Waals surface area (Å²) in [6.45, 7) is 5.18. The van der Waals surface area contributed by atoms with Crippen LogP contribution >= 0.6 is 0 Å². The van der Waals surface area contributed by atoms with E-state index in [0.717, 1.165) is 48.5 Å². The van der Waals surface area contributed by atoms with Crippen LogP contribution < -0.4 is 4.74 Å². The largest absolute Gasteiger partial charge is 0.491 e. The Bertz CT molecular complexity index is 889. The highest BCUT2D eigenvalue weighted by Gasteiger charge is 2.22. The SMILES string of the molecule is Cc1ccc(C(=O)N2CCOc3ccc(CCC(=O)N4CCCC4)cc3C2)cn1. The van der Waals surface area contributed by atoms with Gasteiger partial charge in [-0.25, -0.2) is 0 Å². The smallest absolute Gasteiger partial charge is 0.255 e. The fraction of sp³-hybridized carbons (Fsp3) is 0.435. The summed E-state index contributed by atoms with van der Waals surface area (Å²) in [5.41, 5.74) is 3.57. The molecule has 0 aliphatic carbocycles. The van der Waals surface area contributed by atoms with Gasteiger partial charge in [0.25, 0.3) is 5.91 Å². The van der Waals surface area contributed by atoms with Crippen LogP contribution in [0.15, 0.2) is 36.5 Å². The minimum atomic E-state index is -0.0384. The molecule has 2 aliphatic rings. The quantitative estimate of drug-likeness (QED) is 0.801. The summed E-state index contributed by atoms with van der Waals surface area (Å²) in [6, 6.07) is 9.73. The highest BCUT2D eigenvalue weighted by Crippen LogP contribution is 2.26. The van der Waals surface area contributed by atoms with Gasteiger partial charge in [-0.05, 0) is 49.9 Å². The topological polar surface area (TPSA) is 62.7 Å². The van der Waals surface area contributed by atoms with Gasteiger partial charge in [-0.15, -0.1) is 0 Å². The van der Waals surface area contributed by atoms with E-state index in [1.165, 1.54) is 0 Å². The number of aromatic nitrogens is 1. The first-order valence-electron chi connectivity index (χ1n) is 10.3. The minimum absolute atomic E-state index is 0.0384. The molecule has 4 rings (SSSR count). The molecule has 2 aliphatic heterocycles. The first-order valence-corrected chi connectivity index (χ1v) is 10.3. The predicted octanol–water partition coefficient (Wildman–Crippen LogP) is 2.98. The van der Waals surface area contributed by atoms with Crippen molar-refractivity contribution in [3.8, 4) is 5.75 Å². The second-order valence-electron chi connectivity index (χ2n) is 7.79. The summed E-state index contributed by atoms with van der Waals surface area (Å²) in [7, 11) is 0. The summed E-state index contributed by atoms with van der Waals surface area (Å²) >= 11 is 0. The number of hydrogen-bond acceptors (Lipinski definition) is 4. The van der Waals surface area contributed by atoms with Gasteiger partial charge in [0.2, 0.25) is 5.91 Å². The maximum Gasteiger partial charge on any atom is 0.255 e. The number of amides is 2. The lowest BCUT2D eigenvalue weighted by Crippen LogP contribution is -2.32. The van der Waals surface area contributed by atoms with Crippen molar-refractivity contribution in [2.45, 2.75) is 39.2 Å². The van der Waals surface area contributed by atoms with E-state index in [9.17, 15) is 9.59 Å². The van der Waals surface area contributed by atoms with Gasteiger partial charge in [-0.3, -0.25) is 14.6 Å². The number of pyridine rings is 1. The summed E-state index contributed by atoms with van der Waals surface area (Å²) in [6.07, 6.45) is 5.09. The van der Waals surface area contributed by atoms with Gasteiger partial charge in [0.15, 0.2) is 0 Å². The highest BCUT2D eigenvalue weighted by atomic mass is 16.5. The number of aryl methyl sites for hydroxylation is 2. The molecule has 0 N–H and O–H groups in total. The monoisotopic (exact) mass is 393 g/mol. The lowest BCUT2D eigenvalue weighted by Gasteiger charge is -2.20. The molecule has 1 aromatic carbocycles. The molecule has 2 amide bonds. The zero-order valence-corrected chi connectivity index (χ0v) is 16.9. The van der Waals surface area contributed by atoms with Crippen LogP contribution in [0.25, 0.3) is 0 Å². The molecule has 1 aromatic heterocycles. The van der Waals surface area contributed by atoms with Crippen molar-refractivity contribution in [3.05, 3.63) is 58.9 Å². The van der Waals surface area contributed by atoms with E-state index >= 15 is 0 Å². The Morgan fingerprint density at radius 2 is 1.90 bits per heavy atom. The Kier molecular flexibility index (Phi) is 5.79. The normalized spacial score (nSPS) is 16.2. The van der Waals surface area contributed by atoms with E-state index in [-0.39, 0.29) is 11.8 Å². The van der Waals surface area contributed by atoms with Crippen molar-refractivity contribution >= 4 is 11.8 Å². The van der Waals surface area contributed by atoms with Crippen LogP contribution in [0.2, 0.25) is 0 Å². The molecule has 1 fully saturated rings. The average molecular weight is 393 g/mol. The number of fused-ring (bicyclic) bond motifs is 1. The number of carbonyl (C=O) groups is 2. The Morgan fingerprint density at radius 3 is 2.66 bits per heavy atom. The number of carbonyl (C=O) groups excluding carboxylic acids is 2. The van der Waals surface area contributed by atoms with Crippen LogP contribution in [-0.4, -0.2) is 52.8 Å². The van der Waals surface area contributed by atoms with Crippen LogP contribution in [0.5, 0.6) is 5.75 Å². The first-order chi connectivity index (χ1) is 14.1. The molecule has 1 saturated heterocycles. The fourth-order valence-electron chi connectivity index (χ4n) is 3.93. The van der Waals surface area contributed by atoms with Crippen LogP contribution in [0.1, 0.15) is 46.4 Å². The molecule has 6 nitrogen and oxygen atoms in total. The van der Waals surface area contributed by atoms with Gasteiger partial charge in [-0.1, -0.05) is 12.1 Å². The van der Waals surface area contributed by atoms with Crippen LogP contribution in [0.3, 0.4) is 0 Å². The van der Waals surface area contributed by atoms with Crippen LogP contribution in [0, 0.1) is 6.92 Å². The number of ether oxygens (including phenoxy) is 1. The van der Waals surface area contributed by atoms with Crippen LogP contribution in [-0.2, 0) is 17.8 Å². The fourth-order valence-corrected chi connectivity index (χ4v) is 3.93. The summed E-state index contributed by atoms with van der Waals surface area (Å²) in [5.74, 6) is 1.01. The molecule has 2 aromatic rings. The number of benzene rings is 1. The van der Waals surface area contributed by atoms with E-state index in [1.807, 2.05) is 36.1 Å². The lowest BCUT2D eigenvalue weighted by atomic mass is 10.0. The van der Waals surface area contributed by atoms with E-state index in [0.29, 0.717) is 38.1 Å². The molecule has 0 radical (unpaired) electrons. The molecule has 6 heteroatoms. The first kappa shape index (κ1) is 19.4. The molecule has 0 unspecified atom stereocenters. The highest BCUT2D eigenvalue weighted by molar-refractivity contribution is 5.94. The number of likely N-dealkylation sites (tertiary alicyclic amines) is 1. The second-order valence-corrected chi connectivity index (χ2v) is 7.79. The number of rotatable bonds is 4. The van der Waals surface area contributed by atoms with Gasteiger partial charge in [0, 0.05) is 43.5 Å². The Hall–Kier alpha value is -2.89. The molecule has 3 heterocycles. The van der Waals surface area contributed by atoms with Gasteiger partial charge in [-0.2, -0.15) is 0 Å². The maximum absolute atomic E-state index is 12.9. The van der Waals surface area contributed by atoms with Crippen molar-refractivity contribution in [2.75, 3.05) is 26.2 Å². The summed E-state index contributed by atoms with van der Waals surface area (Å²) < 4.78 is 5.86. The molecular weight excluding hydrogens is 366 g/mol. The third-order valence-electron chi connectivity index (χ3n) is 5.64. The van der Waals surface area contributed by atoms with E-state index in [1.54, 1.807) is 11.1 Å². The molecule has 0 spiro atoms. The zero-order valence-electron chi connectivity index (χ0n) is 16.9. The standard InChI is InChI=1S/C23H27N3O3/c1-17-4-7-19(15-24-17)23(28)26-12-13-29-21-8-5-18(14-20(21)16-26)6-9-22(27)25-10-2-3-11-25/h4-5,7-8,14-15H,2-3,6,9-13,16H2,1H3. The third kappa shape index (κ3) is 4.58.